The first-order valence-electron chi connectivity index (χ1n) is 5.95. The Hall–Kier alpha value is -0.900. The van der Waals surface area contributed by atoms with Gasteiger partial charge in [0.15, 0.2) is 0 Å². The topological polar surface area (TPSA) is 42.0 Å². The van der Waals surface area contributed by atoms with Crippen LogP contribution >= 0.6 is 11.3 Å². The summed E-state index contributed by atoms with van der Waals surface area (Å²) in [6.45, 7) is 2.71. The van der Waals surface area contributed by atoms with Crippen molar-refractivity contribution >= 4 is 17.2 Å². The molecule has 1 aromatic heterocycles. The van der Waals surface area contributed by atoms with Crippen LogP contribution in [0.5, 0.6) is 0 Å². The van der Waals surface area contributed by atoms with E-state index in [0.29, 0.717) is 5.92 Å². The zero-order chi connectivity index (χ0) is 11.4. The van der Waals surface area contributed by atoms with Gasteiger partial charge in [0.1, 0.15) is 4.88 Å². The number of thiazole rings is 1. The number of amides is 1. The number of aryl methyl sites for hydroxylation is 1. The fourth-order valence-corrected chi connectivity index (χ4v) is 2.95. The van der Waals surface area contributed by atoms with Crippen molar-refractivity contribution in [2.45, 2.75) is 39.0 Å². The molecule has 4 heteroatoms. The number of hydrogen-bond donors (Lipinski definition) is 1. The molecule has 0 aliphatic heterocycles. The summed E-state index contributed by atoms with van der Waals surface area (Å²) in [5, 5.41) is 3.03. The number of carbonyl (C=O) groups is 1. The fourth-order valence-electron chi connectivity index (χ4n) is 2.23. The number of nitrogens with zero attached hydrogens (tertiary/aromatic N) is 1. The lowest BCUT2D eigenvalue weighted by Gasteiger charge is -2.21. The Bertz CT molecular complexity index is 356. The van der Waals surface area contributed by atoms with E-state index in [9.17, 15) is 4.79 Å². The zero-order valence-electron chi connectivity index (χ0n) is 9.66. The Morgan fingerprint density at radius 2 is 2.25 bits per heavy atom. The van der Waals surface area contributed by atoms with Crippen molar-refractivity contribution in [3.63, 3.8) is 0 Å². The third-order valence-electron chi connectivity index (χ3n) is 3.23. The molecule has 0 radical (unpaired) electrons. The minimum absolute atomic E-state index is 0.0468. The standard InChI is InChI=1S/C12H18N2OS/c1-9-11(16-8-14-9)12(15)13-7-10-5-3-2-4-6-10/h8,10H,2-7H2,1H3,(H,13,15). The van der Waals surface area contributed by atoms with E-state index in [0.717, 1.165) is 17.1 Å². The number of rotatable bonds is 3. The van der Waals surface area contributed by atoms with Crippen molar-refractivity contribution in [3.05, 3.63) is 16.1 Å². The molecular weight excluding hydrogens is 220 g/mol. The first kappa shape index (κ1) is 11.6. The van der Waals surface area contributed by atoms with Gasteiger partial charge < -0.3 is 5.32 Å². The summed E-state index contributed by atoms with van der Waals surface area (Å²) in [5.41, 5.74) is 2.57. The molecule has 88 valence electrons. The summed E-state index contributed by atoms with van der Waals surface area (Å²) < 4.78 is 0. The van der Waals surface area contributed by atoms with Crippen LogP contribution in [0, 0.1) is 12.8 Å². The van der Waals surface area contributed by atoms with E-state index in [1.165, 1.54) is 43.4 Å². The Balaban J connectivity index is 1.81. The molecule has 1 heterocycles. The maximum Gasteiger partial charge on any atom is 0.263 e. The Labute approximate surface area is 100 Å². The van der Waals surface area contributed by atoms with E-state index < -0.39 is 0 Å². The van der Waals surface area contributed by atoms with Crippen molar-refractivity contribution in [1.82, 2.24) is 10.3 Å². The third kappa shape index (κ3) is 2.82. The number of aromatic nitrogens is 1. The van der Waals surface area contributed by atoms with E-state index >= 15 is 0 Å². The molecule has 0 saturated heterocycles. The lowest BCUT2D eigenvalue weighted by atomic mass is 9.89. The summed E-state index contributed by atoms with van der Waals surface area (Å²) >= 11 is 1.42. The van der Waals surface area contributed by atoms with E-state index in [1.54, 1.807) is 5.51 Å². The summed E-state index contributed by atoms with van der Waals surface area (Å²) in [7, 11) is 0. The van der Waals surface area contributed by atoms with Gasteiger partial charge in [-0.3, -0.25) is 4.79 Å². The van der Waals surface area contributed by atoms with Crippen LogP contribution in [0.25, 0.3) is 0 Å². The highest BCUT2D eigenvalue weighted by Gasteiger charge is 2.16. The quantitative estimate of drug-likeness (QED) is 0.879. The van der Waals surface area contributed by atoms with E-state index in [2.05, 4.69) is 10.3 Å². The second-order valence-corrected chi connectivity index (χ2v) is 5.34. The molecule has 1 amide bonds. The summed E-state index contributed by atoms with van der Waals surface area (Å²) in [4.78, 5) is 16.7. The van der Waals surface area contributed by atoms with Crippen LogP contribution in [0.3, 0.4) is 0 Å². The van der Waals surface area contributed by atoms with Gasteiger partial charge in [0, 0.05) is 6.54 Å². The Morgan fingerprint density at radius 3 is 2.88 bits per heavy atom. The van der Waals surface area contributed by atoms with Gasteiger partial charge in [-0.2, -0.15) is 0 Å². The molecule has 3 nitrogen and oxygen atoms in total. The SMILES string of the molecule is Cc1ncsc1C(=O)NCC1CCCCC1. The molecule has 16 heavy (non-hydrogen) atoms. The van der Waals surface area contributed by atoms with Crippen LogP contribution in [-0.4, -0.2) is 17.4 Å². The Kier molecular flexibility index (Phi) is 3.93. The molecule has 1 aliphatic carbocycles. The molecule has 1 N–H and O–H groups in total. The fraction of sp³-hybridized carbons (Fsp3) is 0.667. The smallest absolute Gasteiger partial charge is 0.263 e. The van der Waals surface area contributed by atoms with Gasteiger partial charge in [-0.15, -0.1) is 11.3 Å². The molecule has 0 spiro atoms. The van der Waals surface area contributed by atoms with Crippen LogP contribution < -0.4 is 5.32 Å². The number of hydrogen-bond acceptors (Lipinski definition) is 3. The normalized spacial score (nSPS) is 17.3. The van der Waals surface area contributed by atoms with Gasteiger partial charge in [0.25, 0.3) is 5.91 Å². The van der Waals surface area contributed by atoms with E-state index in [1.807, 2.05) is 6.92 Å². The van der Waals surface area contributed by atoms with Gasteiger partial charge in [0.2, 0.25) is 0 Å². The van der Waals surface area contributed by atoms with Crippen molar-refractivity contribution in [3.8, 4) is 0 Å². The van der Waals surface area contributed by atoms with Gasteiger partial charge in [-0.25, -0.2) is 4.98 Å². The summed E-state index contributed by atoms with van der Waals surface area (Å²) in [6, 6.07) is 0. The van der Waals surface area contributed by atoms with Crippen LogP contribution in [0.1, 0.15) is 47.5 Å². The van der Waals surface area contributed by atoms with Gasteiger partial charge in [-0.1, -0.05) is 19.3 Å². The van der Waals surface area contributed by atoms with E-state index in [-0.39, 0.29) is 5.91 Å². The molecule has 1 fully saturated rings. The van der Waals surface area contributed by atoms with Crippen molar-refractivity contribution < 1.29 is 4.79 Å². The van der Waals surface area contributed by atoms with Gasteiger partial charge >= 0.3 is 0 Å². The maximum atomic E-state index is 11.8. The molecule has 1 saturated carbocycles. The van der Waals surface area contributed by atoms with Crippen LogP contribution in [0.2, 0.25) is 0 Å². The highest BCUT2D eigenvalue weighted by Crippen LogP contribution is 2.23. The van der Waals surface area contributed by atoms with Crippen molar-refractivity contribution in [2.24, 2.45) is 5.92 Å². The second-order valence-electron chi connectivity index (χ2n) is 4.48. The van der Waals surface area contributed by atoms with Crippen LogP contribution in [0.15, 0.2) is 5.51 Å². The molecule has 2 rings (SSSR count). The lowest BCUT2D eigenvalue weighted by molar-refractivity contribution is 0.0947. The largest absolute Gasteiger partial charge is 0.351 e. The average Bonchev–Trinajstić information content (AvgIpc) is 2.74. The number of nitrogens with one attached hydrogen (secondary N) is 1. The number of carbonyl (C=O) groups excluding carboxylic acids is 1. The molecule has 0 atom stereocenters. The molecular formula is C12H18N2OS. The van der Waals surface area contributed by atoms with Crippen LogP contribution in [-0.2, 0) is 0 Å². The predicted molar refractivity (Wildman–Crippen MR) is 65.8 cm³/mol. The first-order chi connectivity index (χ1) is 7.77. The lowest BCUT2D eigenvalue weighted by Crippen LogP contribution is -2.30. The average molecular weight is 238 g/mol. The van der Waals surface area contributed by atoms with Crippen molar-refractivity contribution in [1.29, 1.82) is 0 Å². The van der Waals surface area contributed by atoms with E-state index in [4.69, 9.17) is 0 Å². The predicted octanol–water partition coefficient (Wildman–Crippen LogP) is 2.76. The molecule has 0 bridgehead atoms. The minimum atomic E-state index is 0.0468. The minimum Gasteiger partial charge on any atom is -0.351 e. The van der Waals surface area contributed by atoms with Crippen molar-refractivity contribution in [2.75, 3.05) is 6.54 Å². The van der Waals surface area contributed by atoms with Crippen LogP contribution in [0.4, 0.5) is 0 Å². The highest BCUT2D eigenvalue weighted by atomic mass is 32.1. The first-order valence-corrected chi connectivity index (χ1v) is 6.83. The van der Waals surface area contributed by atoms with Gasteiger partial charge in [0.05, 0.1) is 11.2 Å². The molecule has 1 aliphatic rings. The zero-order valence-corrected chi connectivity index (χ0v) is 10.5. The Morgan fingerprint density at radius 1 is 1.50 bits per heavy atom. The highest BCUT2D eigenvalue weighted by molar-refractivity contribution is 7.11. The van der Waals surface area contributed by atoms with Gasteiger partial charge in [-0.05, 0) is 25.7 Å². The second kappa shape index (κ2) is 5.43. The third-order valence-corrected chi connectivity index (χ3v) is 4.16. The summed E-state index contributed by atoms with van der Waals surface area (Å²) in [5.74, 6) is 0.733. The summed E-state index contributed by atoms with van der Waals surface area (Å²) in [6.07, 6.45) is 6.53. The monoisotopic (exact) mass is 238 g/mol. The molecule has 0 aromatic carbocycles. The molecule has 1 aromatic rings. The molecule has 0 unspecified atom stereocenters. The maximum absolute atomic E-state index is 11.8.